The minimum absolute atomic E-state index is 0.00786. The Balaban J connectivity index is 1.57. The van der Waals surface area contributed by atoms with Crippen molar-refractivity contribution in [3.8, 4) is 17.6 Å². The van der Waals surface area contributed by atoms with Gasteiger partial charge in [0, 0.05) is 11.1 Å². The molecule has 0 radical (unpaired) electrons. The van der Waals surface area contributed by atoms with Crippen LogP contribution in [0.5, 0.6) is 5.75 Å². The second-order valence-corrected chi connectivity index (χ2v) is 8.62. The summed E-state index contributed by atoms with van der Waals surface area (Å²) in [6, 6.07) is 12.7. The van der Waals surface area contributed by atoms with E-state index in [4.69, 9.17) is 4.74 Å². The maximum atomic E-state index is 14.5. The molecule has 0 saturated heterocycles. The van der Waals surface area contributed by atoms with E-state index >= 15 is 0 Å². The molecule has 0 spiro atoms. The van der Waals surface area contributed by atoms with E-state index in [0.717, 1.165) is 43.6 Å². The van der Waals surface area contributed by atoms with Crippen LogP contribution in [0.3, 0.4) is 0 Å². The van der Waals surface area contributed by atoms with Crippen molar-refractivity contribution < 1.29 is 13.9 Å². The van der Waals surface area contributed by atoms with Crippen LogP contribution in [0.1, 0.15) is 81.9 Å². The Morgan fingerprint density at radius 2 is 1.65 bits per heavy atom. The highest BCUT2D eigenvalue weighted by atomic mass is 19.1. The molecule has 0 atom stereocenters. The number of carbonyl (C=O) groups excluding carboxylic acids is 1. The second-order valence-electron chi connectivity index (χ2n) is 8.62. The number of carbonyl (C=O) groups is 1. The first-order chi connectivity index (χ1) is 15.1. The van der Waals surface area contributed by atoms with E-state index in [9.17, 15) is 9.18 Å². The van der Waals surface area contributed by atoms with Gasteiger partial charge in [-0.3, -0.25) is 4.79 Å². The Morgan fingerprint density at radius 3 is 2.29 bits per heavy atom. The first-order valence-corrected chi connectivity index (χ1v) is 11.7. The summed E-state index contributed by atoms with van der Waals surface area (Å²) >= 11 is 0. The van der Waals surface area contributed by atoms with Gasteiger partial charge in [-0.2, -0.15) is 0 Å². The monoisotopic (exact) mass is 420 g/mol. The van der Waals surface area contributed by atoms with E-state index in [0.29, 0.717) is 5.56 Å². The van der Waals surface area contributed by atoms with E-state index in [1.807, 2.05) is 12.1 Å². The zero-order valence-electron chi connectivity index (χ0n) is 18.8. The number of hydrogen-bond acceptors (Lipinski definition) is 2. The van der Waals surface area contributed by atoms with Gasteiger partial charge in [-0.25, -0.2) is 4.39 Å². The largest absolute Gasteiger partial charge is 0.423 e. The number of ether oxygens (including phenoxy) is 1. The fraction of sp³-hybridized carbons (Fsp3) is 0.464. The number of rotatable bonds is 7. The van der Waals surface area contributed by atoms with Gasteiger partial charge in [0.25, 0.3) is 0 Å². The van der Waals surface area contributed by atoms with Crippen molar-refractivity contribution >= 4 is 5.97 Å². The summed E-state index contributed by atoms with van der Waals surface area (Å²) in [5, 5.41) is 0. The van der Waals surface area contributed by atoms with Gasteiger partial charge < -0.3 is 4.74 Å². The zero-order chi connectivity index (χ0) is 22.1. The molecule has 2 nitrogen and oxygen atoms in total. The minimum atomic E-state index is -0.547. The first-order valence-electron chi connectivity index (χ1n) is 11.7. The fourth-order valence-electron chi connectivity index (χ4n) is 4.23. The molecule has 3 heteroatoms. The summed E-state index contributed by atoms with van der Waals surface area (Å²) in [5.74, 6) is 5.80. The maximum Gasteiger partial charge on any atom is 0.314 e. The van der Waals surface area contributed by atoms with Crippen molar-refractivity contribution in [2.24, 2.45) is 11.8 Å². The molecule has 1 fully saturated rings. The van der Waals surface area contributed by atoms with Crippen LogP contribution < -0.4 is 4.74 Å². The van der Waals surface area contributed by atoms with E-state index in [1.54, 1.807) is 6.07 Å². The Morgan fingerprint density at radius 1 is 0.968 bits per heavy atom. The minimum Gasteiger partial charge on any atom is -0.423 e. The summed E-state index contributed by atoms with van der Waals surface area (Å²) in [6.45, 7) is 4.38. The lowest BCUT2D eigenvalue weighted by Crippen LogP contribution is -2.26. The van der Waals surface area contributed by atoms with Gasteiger partial charge in [0.05, 0.1) is 5.92 Å². The molecule has 3 rings (SSSR count). The van der Waals surface area contributed by atoms with E-state index < -0.39 is 5.82 Å². The lowest BCUT2D eigenvalue weighted by molar-refractivity contribution is -0.140. The molecular formula is C28H33FO2. The number of esters is 1. The summed E-state index contributed by atoms with van der Waals surface area (Å²) in [5.41, 5.74) is 2.77. The quantitative estimate of drug-likeness (QED) is 0.272. The average molecular weight is 421 g/mol. The van der Waals surface area contributed by atoms with Crippen LogP contribution >= 0.6 is 0 Å². The summed E-state index contributed by atoms with van der Waals surface area (Å²) in [4.78, 5) is 12.5. The molecule has 0 amide bonds. The highest BCUT2D eigenvalue weighted by molar-refractivity contribution is 5.75. The molecule has 0 aromatic heterocycles. The van der Waals surface area contributed by atoms with Gasteiger partial charge in [0.2, 0.25) is 0 Å². The Hall–Kier alpha value is -2.60. The van der Waals surface area contributed by atoms with Gasteiger partial charge in [0.15, 0.2) is 11.6 Å². The molecule has 1 saturated carbocycles. The molecule has 2 aromatic rings. The molecule has 0 unspecified atom stereocenters. The van der Waals surface area contributed by atoms with Crippen LogP contribution in [-0.4, -0.2) is 5.97 Å². The van der Waals surface area contributed by atoms with Gasteiger partial charge in [0.1, 0.15) is 0 Å². The van der Waals surface area contributed by atoms with Crippen molar-refractivity contribution in [3.63, 3.8) is 0 Å². The van der Waals surface area contributed by atoms with Gasteiger partial charge >= 0.3 is 5.97 Å². The van der Waals surface area contributed by atoms with Crippen molar-refractivity contribution in [2.45, 2.75) is 71.6 Å². The van der Waals surface area contributed by atoms with Crippen LogP contribution in [0.4, 0.5) is 4.39 Å². The summed E-state index contributed by atoms with van der Waals surface area (Å²) in [6.07, 6.45) is 9.65. The smallest absolute Gasteiger partial charge is 0.314 e. The van der Waals surface area contributed by atoms with Crippen molar-refractivity contribution in [1.29, 1.82) is 0 Å². The third kappa shape index (κ3) is 6.96. The van der Waals surface area contributed by atoms with Gasteiger partial charge in [-0.1, -0.05) is 57.1 Å². The second kappa shape index (κ2) is 11.7. The van der Waals surface area contributed by atoms with E-state index in [-0.39, 0.29) is 17.6 Å². The van der Waals surface area contributed by atoms with Crippen LogP contribution in [-0.2, 0) is 11.2 Å². The Labute approximate surface area is 186 Å². The normalized spacial score (nSPS) is 18.2. The average Bonchev–Trinajstić information content (AvgIpc) is 2.79. The lowest BCUT2D eigenvalue weighted by atomic mass is 9.80. The standard InChI is InChI=1S/C28H33FO2/c1-3-5-7-22-8-10-23(11-9-22)12-13-24-16-19-27(26(29)20-24)31-28(30)25-17-14-21(6-4-2)15-18-25/h8-11,16,19-21,25H,3-7,14-15,17-18H2,1-2H3. The summed E-state index contributed by atoms with van der Waals surface area (Å²) < 4.78 is 19.9. The third-order valence-electron chi connectivity index (χ3n) is 6.14. The first kappa shape index (κ1) is 23.1. The molecule has 31 heavy (non-hydrogen) atoms. The van der Waals surface area contributed by atoms with Gasteiger partial charge in [-0.05, 0) is 80.3 Å². The molecule has 0 heterocycles. The number of unbranched alkanes of at least 4 members (excludes halogenated alkanes) is 1. The predicted octanol–water partition coefficient (Wildman–Crippen LogP) is 7.08. The Kier molecular flexibility index (Phi) is 8.71. The molecule has 0 N–H and O–H groups in total. The molecule has 1 aliphatic rings. The van der Waals surface area contributed by atoms with Crippen LogP contribution in [0.15, 0.2) is 42.5 Å². The number of benzene rings is 2. The van der Waals surface area contributed by atoms with Crippen LogP contribution in [0, 0.1) is 29.5 Å². The van der Waals surface area contributed by atoms with Crippen LogP contribution in [0.2, 0.25) is 0 Å². The highest BCUT2D eigenvalue weighted by Gasteiger charge is 2.27. The zero-order valence-corrected chi connectivity index (χ0v) is 18.8. The Bertz CT molecular complexity index is 912. The lowest BCUT2D eigenvalue weighted by Gasteiger charge is -2.26. The van der Waals surface area contributed by atoms with E-state index in [1.165, 1.54) is 43.4 Å². The van der Waals surface area contributed by atoms with Crippen LogP contribution in [0.25, 0.3) is 0 Å². The fourth-order valence-corrected chi connectivity index (χ4v) is 4.23. The topological polar surface area (TPSA) is 26.3 Å². The van der Waals surface area contributed by atoms with Crippen molar-refractivity contribution in [3.05, 3.63) is 65.0 Å². The highest BCUT2D eigenvalue weighted by Crippen LogP contribution is 2.32. The summed E-state index contributed by atoms with van der Waals surface area (Å²) in [7, 11) is 0. The molecule has 0 bridgehead atoms. The number of halogens is 1. The molecule has 0 aliphatic heterocycles. The van der Waals surface area contributed by atoms with Crippen molar-refractivity contribution in [2.75, 3.05) is 0 Å². The number of aryl methyl sites for hydroxylation is 1. The molecule has 164 valence electrons. The van der Waals surface area contributed by atoms with Gasteiger partial charge in [-0.15, -0.1) is 0 Å². The third-order valence-corrected chi connectivity index (χ3v) is 6.14. The SMILES string of the molecule is CCCCc1ccc(C#Cc2ccc(OC(=O)C3CCC(CCC)CC3)c(F)c2)cc1. The van der Waals surface area contributed by atoms with Crippen molar-refractivity contribution in [1.82, 2.24) is 0 Å². The number of hydrogen-bond donors (Lipinski definition) is 0. The molecule has 1 aliphatic carbocycles. The predicted molar refractivity (Wildman–Crippen MR) is 123 cm³/mol. The molecule has 2 aromatic carbocycles. The maximum absolute atomic E-state index is 14.5. The molecular weight excluding hydrogens is 387 g/mol. The van der Waals surface area contributed by atoms with E-state index in [2.05, 4.69) is 37.8 Å².